The van der Waals surface area contributed by atoms with Crippen molar-refractivity contribution in [3.05, 3.63) is 39.8 Å². The molecule has 0 bridgehead atoms. The minimum Gasteiger partial charge on any atom is -0.493 e. The van der Waals surface area contributed by atoms with Crippen LogP contribution in [0.3, 0.4) is 0 Å². The minimum absolute atomic E-state index is 0.312. The molecule has 6 nitrogen and oxygen atoms in total. The number of nitrogens with one attached hydrogen (secondary N) is 1. The Morgan fingerprint density at radius 2 is 2.07 bits per heavy atom. The zero-order valence-corrected chi connectivity index (χ0v) is 18.2. The van der Waals surface area contributed by atoms with E-state index in [0.717, 1.165) is 29.7 Å². The predicted molar refractivity (Wildman–Crippen MR) is 115 cm³/mol. The maximum atomic E-state index is 12.9. The minimum atomic E-state index is -0.498. The second-order valence-corrected chi connectivity index (χ2v) is 9.05. The molecule has 1 aliphatic carbocycles. The molecule has 0 saturated heterocycles. The molecule has 29 heavy (non-hydrogen) atoms. The van der Waals surface area contributed by atoms with Gasteiger partial charge in [-0.1, -0.05) is 20.8 Å². The van der Waals surface area contributed by atoms with Crippen molar-refractivity contribution in [2.45, 2.75) is 40.0 Å². The number of methoxy groups -OCH3 is 1. The van der Waals surface area contributed by atoms with E-state index >= 15 is 0 Å². The van der Waals surface area contributed by atoms with Gasteiger partial charge in [-0.3, -0.25) is 9.59 Å². The van der Waals surface area contributed by atoms with E-state index in [1.54, 1.807) is 25.3 Å². The van der Waals surface area contributed by atoms with Crippen molar-refractivity contribution in [2.75, 3.05) is 19.0 Å². The Morgan fingerprint density at radius 1 is 1.31 bits per heavy atom. The fourth-order valence-corrected chi connectivity index (χ4v) is 4.87. The first-order valence-electron chi connectivity index (χ1n) is 9.86. The number of nitrogens with two attached hydrogens (primary N) is 1. The summed E-state index contributed by atoms with van der Waals surface area (Å²) in [6.45, 7) is 6.88. The van der Waals surface area contributed by atoms with Crippen LogP contribution in [0.5, 0.6) is 11.5 Å². The van der Waals surface area contributed by atoms with E-state index in [9.17, 15) is 9.59 Å². The highest BCUT2D eigenvalue weighted by atomic mass is 32.1. The fraction of sp³-hybridized carbons (Fsp3) is 0.455. The molecule has 1 atom stereocenters. The van der Waals surface area contributed by atoms with Crippen LogP contribution in [0.25, 0.3) is 0 Å². The SMILES string of the molecule is COc1cc(C(=O)Nc2sc3c(c2C(N)=O)CCC(C)C3)ccc1OCC(C)C. The van der Waals surface area contributed by atoms with Crippen molar-refractivity contribution in [2.24, 2.45) is 17.6 Å². The number of benzene rings is 1. The summed E-state index contributed by atoms with van der Waals surface area (Å²) in [5, 5.41) is 3.41. The van der Waals surface area contributed by atoms with Crippen LogP contribution in [0.4, 0.5) is 5.00 Å². The van der Waals surface area contributed by atoms with Crippen LogP contribution in [0.1, 0.15) is 58.3 Å². The van der Waals surface area contributed by atoms with Gasteiger partial charge in [-0.2, -0.15) is 0 Å². The van der Waals surface area contributed by atoms with Gasteiger partial charge in [0.15, 0.2) is 11.5 Å². The third-order valence-corrected chi connectivity index (χ3v) is 6.15. The van der Waals surface area contributed by atoms with Crippen LogP contribution < -0.4 is 20.5 Å². The Balaban J connectivity index is 1.84. The van der Waals surface area contributed by atoms with Gasteiger partial charge in [0.2, 0.25) is 0 Å². The molecule has 1 aliphatic rings. The van der Waals surface area contributed by atoms with Gasteiger partial charge in [-0.15, -0.1) is 11.3 Å². The molecule has 0 aliphatic heterocycles. The maximum Gasteiger partial charge on any atom is 0.256 e. The number of carbonyl (C=O) groups excluding carboxylic acids is 2. The van der Waals surface area contributed by atoms with Gasteiger partial charge in [-0.05, 0) is 54.9 Å². The van der Waals surface area contributed by atoms with Crippen LogP contribution in [0.15, 0.2) is 18.2 Å². The van der Waals surface area contributed by atoms with Crippen LogP contribution in [0.2, 0.25) is 0 Å². The summed E-state index contributed by atoms with van der Waals surface area (Å²) in [7, 11) is 1.54. The molecule has 0 fully saturated rings. The first-order chi connectivity index (χ1) is 13.8. The average molecular weight is 417 g/mol. The summed E-state index contributed by atoms with van der Waals surface area (Å²) < 4.78 is 11.1. The molecule has 1 aromatic carbocycles. The van der Waals surface area contributed by atoms with Gasteiger partial charge >= 0.3 is 0 Å². The monoisotopic (exact) mass is 416 g/mol. The van der Waals surface area contributed by atoms with Crippen molar-refractivity contribution < 1.29 is 19.1 Å². The highest BCUT2D eigenvalue weighted by Crippen LogP contribution is 2.39. The second-order valence-electron chi connectivity index (χ2n) is 7.94. The molecular weight excluding hydrogens is 388 g/mol. The molecule has 1 unspecified atom stereocenters. The lowest BCUT2D eigenvalue weighted by molar-refractivity contribution is 0.1000. The van der Waals surface area contributed by atoms with Gasteiger partial charge in [0.1, 0.15) is 5.00 Å². The Bertz CT molecular complexity index is 920. The highest BCUT2D eigenvalue weighted by molar-refractivity contribution is 7.17. The van der Waals surface area contributed by atoms with Crippen LogP contribution in [-0.4, -0.2) is 25.5 Å². The Kier molecular flexibility index (Phi) is 6.47. The lowest BCUT2D eigenvalue weighted by Gasteiger charge is -2.18. The van der Waals surface area contributed by atoms with Crippen LogP contribution >= 0.6 is 11.3 Å². The largest absolute Gasteiger partial charge is 0.493 e. The normalized spacial score (nSPS) is 15.7. The number of hydrogen-bond donors (Lipinski definition) is 2. The second kappa shape index (κ2) is 8.86. The maximum absolute atomic E-state index is 12.9. The van der Waals surface area contributed by atoms with Crippen LogP contribution in [-0.2, 0) is 12.8 Å². The molecule has 3 rings (SSSR count). The molecule has 2 amide bonds. The van der Waals surface area contributed by atoms with E-state index in [2.05, 4.69) is 26.1 Å². The van der Waals surface area contributed by atoms with Gasteiger partial charge < -0.3 is 20.5 Å². The molecule has 1 aromatic heterocycles. The highest BCUT2D eigenvalue weighted by Gasteiger charge is 2.27. The van der Waals surface area contributed by atoms with Crippen molar-refractivity contribution >= 4 is 28.2 Å². The average Bonchev–Trinajstić information content (AvgIpc) is 3.02. The summed E-state index contributed by atoms with van der Waals surface area (Å²) in [5.41, 5.74) is 7.50. The molecule has 0 spiro atoms. The Labute approximate surface area is 175 Å². The van der Waals surface area contributed by atoms with E-state index in [4.69, 9.17) is 15.2 Å². The number of ether oxygens (including phenoxy) is 2. The van der Waals surface area contributed by atoms with Crippen molar-refractivity contribution in [3.8, 4) is 11.5 Å². The molecule has 0 saturated carbocycles. The number of rotatable bonds is 7. The number of fused-ring (bicyclic) bond motifs is 1. The molecule has 3 N–H and O–H groups in total. The fourth-order valence-electron chi connectivity index (χ4n) is 3.46. The number of primary amides is 1. The standard InChI is InChI=1S/C22H28N2O4S/c1-12(2)11-28-16-8-6-14(10-17(16)27-4)21(26)24-22-19(20(23)25)15-7-5-13(3)9-18(15)29-22/h6,8,10,12-13H,5,7,9,11H2,1-4H3,(H2,23,25)(H,24,26). The van der Waals surface area contributed by atoms with E-state index < -0.39 is 5.91 Å². The van der Waals surface area contributed by atoms with Gasteiger partial charge in [-0.25, -0.2) is 0 Å². The van der Waals surface area contributed by atoms with Crippen molar-refractivity contribution in [1.29, 1.82) is 0 Å². The zero-order chi connectivity index (χ0) is 21.1. The lowest BCUT2D eigenvalue weighted by Crippen LogP contribution is -2.19. The number of amides is 2. The van der Waals surface area contributed by atoms with E-state index in [1.165, 1.54) is 11.3 Å². The number of hydrogen-bond acceptors (Lipinski definition) is 5. The summed E-state index contributed by atoms with van der Waals surface area (Å²) in [4.78, 5) is 26.1. The zero-order valence-electron chi connectivity index (χ0n) is 17.3. The molecule has 156 valence electrons. The summed E-state index contributed by atoms with van der Waals surface area (Å²) in [6, 6.07) is 5.06. The topological polar surface area (TPSA) is 90.6 Å². The lowest BCUT2D eigenvalue weighted by atomic mass is 9.88. The summed E-state index contributed by atoms with van der Waals surface area (Å²) in [5.74, 6) is 1.22. The van der Waals surface area contributed by atoms with Crippen molar-refractivity contribution in [3.63, 3.8) is 0 Å². The van der Waals surface area contributed by atoms with E-state index in [0.29, 0.717) is 46.1 Å². The first kappa shape index (κ1) is 21.2. The first-order valence-corrected chi connectivity index (χ1v) is 10.7. The Morgan fingerprint density at radius 3 is 2.72 bits per heavy atom. The van der Waals surface area contributed by atoms with Gasteiger partial charge in [0.05, 0.1) is 19.3 Å². The van der Waals surface area contributed by atoms with E-state index in [-0.39, 0.29) is 5.91 Å². The molecule has 2 aromatic rings. The predicted octanol–water partition coefficient (Wildman–Crippen LogP) is 4.27. The van der Waals surface area contributed by atoms with Gasteiger partial charge in [0, 0.05) is 10.4 Å². The van der Waals surface area contributed by atoms with Gasteiger partial charge in [0.25, 0.3) is 11.8 Å². The third-order valence-electron chi connectivity index (χ3n) is 4.98. The quantitative estimate of drug-likeness (QED) is 0.705. The van der Waals surface area contributed by atoms with Crippen LogP contribution in [0, 0.1) is 11.8 Å². The van der Waals surface area contributed by atoms with E-state index in [1.807, 2.05) is 0 Å². The molecular formula is C22H28N2O4S. The van der Waals surface area contributed by atoms with Crippen molar-refractivity contribution in [1.82, 2.24) is 0 Å². The molecule has 0 radical (unpaired) electrons. The third kappa shape index (κ3) is 4.72. The summed E-state index contributed by atoms with van der Waals surface area (Å²) >= 11 is 1.45. The number of carbonyl (C=O) groups is 2. The Hall–Kier alpha value is -2.54. The molecule has 1 heterocycles. The molecule has 7 heteroatoms. The number of thiophene rings is 1. The summed E-state index contributed by atoms with van der Waals surface area (Å²) in [6.07, 6.45) is 2.75. The smallest absolute Gasteiger partial charge is 0.256 e. The number of anilines is 1.